The first-order valence-corrected chi connectivity index (χ1v) is 5.09. The van der Waals surface area contributed by atoms with Gasteiger partial charge in [-0.25, -0.2) is 0 Å². The number of hydrogen-bond acceptors (Lipinski definition) is 6. The standard InChI is InChI=1S/C11H15NO5/c1-12(4-3-11(15)16-2)6-8-5-9(13)10(14)7-17-8/h5,7,14H,3-4,6H2,1-2H3. The van der Waals surface area contributed by atoms with E-state index in [-0.39, 0.29) is 12.4 Å². The van der Waals surface area contributed by atoms with Gasteiger partial charge in [-0.15, -0.1) is 0 Å². The van der Waals surface area contributed by atoms with E-state index in [0.717, 1.165) is 6.26 Å². The molecule has 0 saturated heterocycles. The fourth-order valence-electron chi connectivity index (χ4n) is 1.26. The number of esters is 1. The summed E-state index contributed by atoms with van der Waals surface area (Å²) in [6.07, 6.45) is 1.28. The van der Waals surface area contributed by atoms with E-state index in [2.05, 4.69) is 4.74 Å². The van der Waals surface area contributed by atoms with E-state index in [1.54, 1.807) is 7.05 Å². The van der Waals surface area contributed by atoms with Crippen LogP contribution < -0.4 is 5.43 Å². The fraction of sp³-hybridized carbons (Fsp3) is 0.455. The first kappa shape index (κ1) is 13.2. The molecule has 0 bridgehead atoms. The molecule has 1 aromatic heterocycles. The second-order valence-corrected chi connectivity index (χ2v) is 3.66. The number of nitrogens with zero attached hydrogens (tertiary/aromatic N) is 1. The van der Waals surface area contributed by atoms with E-state index >= 15 is 0 Å². The number of aromatic hydroxyl groups is 1. The van der Waals surface area contributed by atoms with Gasteiger partial charge >= 0.3 is 5.97 Å². The second-order valence-electron chi connectivity index (χ2n) is 3.66. The molecular weight excluding hydrogens is 226 g/mol. The van der Waals surface area contributed by atoms with E-state index in [9.17, 15) is 9.59 Å². The zero-order valence-corrected chi connectivity index (χ0v) is 9.80. The van der Waals surface area contributed by atoms with Gasteiger partial charge in [-0.05, 0) is 7.05 Å². The van der Waals surface area contributed by atoms with Crippen LogP contribution in [0, 0.1) is 0 Å². The van der Waals surface area contributed by atoms with Crippen LogP contribution in [-0.2, 0) is 16.1 Å². The van der Waals surface area contributed by atoms with E-state index in [1.807, 2.05) is 4.90 Å². The highest BCUT2D eigenvalue weighted by atomic mass is 16.5. The lowest BCUT2D eigenvalue weighted by atomic mass is 10.3. The van der Waals surface area contributed by atoms with Gasteiger partial charge in [0.05, 0.1) is 20.1 Å². The minimum absolute atomic E-state index is 0.273. The molecule has 1 rings (SSSR count). The maximum atomic E-state index is 11.1. The van der Waals surface area contributed by atoms with Crippen LogP contribution in [0.3, 0.4) is 0 Å². The first-order chi connectivity index (χ1) is 8.02. The van der Waals surface area contributed by atoms with Crippen molar-refractivity contribution in [2.45, 2.75) is 13.0 Å². The molecule has 0 saturated carbocycles. The van der Waals surface area contributed by atoms with E-state index in [0.29, 0.717) is 18.8 Å². The van der Waals surface area contributed by atoms with Gasteiger partial charge in [-0.1, -0.05) is 0 Å². The van der Waals surface area contributed by atoms with Gasteiger partial charge in [-0.3, -0.25) is 14.5 Å². The number of methoxy groups -OCH3 is 1. The average molecular weight is 241 g/mol. The van der Waals surface area contributed by atoms with Crippen molar-refractivity contribution in [1.82, 2.24) is 4.90 Å². The first-order valence-electron chi connectivity index (χ1n) is 5.09. The van der Waals surface area contributed by atoms with Crippen molar-refractivity contribution < 1.29 is 19.1 Å². The van der Waals surface area contributed by atoms with Gasteiger partial charge in [0.25, 0.3) is 0 Å². The number of hydrogen-bond donors (Lipinski definition) is 1. The molecule has 1 aromatic rings. The van der Waals surface area contributed by atoms with Gasteiger partial charge in [0.2, 0.25) is 5.43 Å². The Hall–Kier alpha value is -1.82. The molecule has 0 aliphatic heterocycles. The summed E-state index contributed by atoms with van der Waals surface area (Å²) in [5.41, 5.74) is -0.479. The predicted octanol–water partition coefficient (Wildman–Crippen LogP) is 0.340. The Morgan fingerprint density at radius 2 is 2.29 bits per heavy atom. The third-order valence-corrected chi connectivity index (χ3v) is 2.22. The highest BCUT2D eigenvalue weighted by molar-refractivity contribution is 5.69. The molecule has 0 spiro atoms. The lowest BCUT2D eigenvalue weighted by molar-refractivity contribution is -0.140. The number of carbonyl (C=O) groups is 1. The third kappa shape index (κ3) is 4.28. The summed E-state index contributed by atoms with van der Waals surface area (Å²) in [6, 6.07) is 1.23. The topological polar surface area (TPSA) is 80.0 Å². The van der Waals surface area contributed by atoms with Crippen LogP contribution in [0.25, 0.3) is 0 Å². The molecule has 0 aromatic carbocycles. The molecule has 0 unspecified atom stereocenters. The Morgan fingerprint density at radius 3 is 2.88 bits per heavy atom. The molecule has 0 fully saturated rings. The highest BCUT2D eigenvalue weighted by Gasteiger charge is 2.07. The highest BCUT2D eigenvalue weighted by Crippen LogP contribution is 2.06. The van der Waals surface area contributed by atoms with Crippen LogP contribution in [0.1, 0.15) is 12.2 Å². The zero-order chi connectivity index (χ0) is 12.8. The van der Waals surface area contributed by atoms with Crippen LogP contribution in [0.5, 0.6) is 5.75 Å². The summed E-state index contributed by atoms with van der Waals surface area (Å²) in [5.74, 6) is -0.268. The van der Waals surface area contributed by atoms with Crippen LogP contribution in [0.2, 0.25) is 0 Å². The zero-order valence-electron chi connectivity index (χ0n) is 9.80. The molecule has 17 heavy (non-hydrogen) atoms. The Bertz CT molecular complexity index is 440. The summed E-state index contributed by atoms with van der Waals surface area (Å²) < 4.78 is 9.55. The molecule has 94 valence electrons. The van der Waals surface area contributed by atoms with Gasteiger partial charge in [-0.2, -0.15) is 0 Å². The summed E-state index contributed by atoms with van der Waals surface area (Å²) >= 11 is 0. The Balaban J connectivity index is 2.50. The van der Waals surface area contributed by atoms with Crippen LogP contribution in [0.4, 0.5) is 0 Å². The molecule has 1 N–H and O–H groups in total. The minimum Gasteiger partial charge on any atom is -0.502 e. The second kappa shape index (κ2) is 6.05. The van der Waals surface area contributed by atoms with Crippen molar-refractivity contribution in [3.05, 3.63) is 28.3 Å². The third-order valence-electron chi connectivity index (χ3n) is 2.22. The Morgan fingerprint density at radius 1 is 1.59 bits per heavy atom. The van der Waals surface area contributed by atoms with Crippen molar-refractivity contribution in [1.29, 1.82) is 0 Å². The van der Waals surface area contributed by atoms with Gasteiger partial charge in [0, 0.05) is 12.6 Å². The summed E-state index contributed by atoms with van der Waals surface area (Å²) in [4.78, 5) is 23.9. The predicted molar refractivity (Wildman–Crippen MR) is 59.6 cm³/mol. The molecule has 0 aliphatic rings. The fourth-order valence-corrected chi connectivity index (χ4v) is 1.26. The molecule has 6 heteroatoms. The normalized spacial score (nSPS) is 10.5. The lowest BCUT2D eigenvalue weighted by Crippen LogP contribution is -2.22. The van der Waals surface area contributed by atoms with E-state index < -0.39 is 11.2 Å². The molecule has 6 nitrogen and oxygen atoms in total. The molecule has 0 amide bonds. The molecule has 0 atom stereocenters. The van der Waals surface area contributed by atoms with Crippen molar-refractivity contribution in [3.8, 4) is 5.75 Å². The van der Waals surface area contributed by atoms with Gasteiger partial charge < -0.3 is 14.3 Å². The molecule has 1 heterocycles. The van der Waals surface area contributed by atoms with Crippen molar-refractivity contribution in [3.63, 3.8) is 0 Å². The average Bonchev–Trinajstić information content (AvgIpc) is 2.31. The van der Waals surface area contributed by atoms with Gasteiger partial charge in [0.15, 0.2) is 5.75 Å². The van der Waals surface area contributed by atoms with Crippen LogP contribution in [0.15, 0.2) is 21.5 Å². The number of carbonyl (C=O) groups excluding carboxylic acids is 1. The summed E-state index contributed by atoms with van der Waals surface area (Å²) in [6.45, 7) is 0.879. The quantitative estimate of drug-likeness (QED) is 0.749. The van der Waals surface area contributed by atoms with Gasteiger partial charge in [0.1, 0.15) is 12.0 Å². The minimum atomic E-state index is -0.479. The molecule has 0 aliphatic carbocycles. The van der Waals surface area contributed by atoms with Crippen molar-refractivity contribution in [2.24, 2.45) is 0 Å². The largest absolute Gasteiger partial charge is 0.502 e. The summed E-state index contributed by atoms with van der Waals surface area (Å²) in [5, 5.41) is 9.00. The lowest BCUT2D eigenvalue weighted by Gasteiger charge is -2.14. The summed E-state index contributed by atoms with van der Waals surface area (Å²) in [7, 11) is 3.12. The Labute approximate surface area is 98.4 Å². The maximum Gasteiger partial charge on any atom is 0.306 e. The van der Waals surface area contributed by atoms with E-state index in [1.165, 1.54) is 13.2 Å². The number of ether oxygens (including phenoxy) is 1. The Kier molecular flexibility index (Phi) is 4.71. The van der Waals surface area contributed by atoms with Crippen LogP contribution in [-0.4, -0.2) is 36.7 Å². The number of rotatable bonds is 5. The van der Waals surface area contributed by atoms with E-state index in [4.69, 9.17) is 9.52 Å². The van der Waals surface area contributed by atoms with Crippen molar-refractivity contribution in [2.75, 3.05) is 20.7 Å². The smallest absolute Gasteiger partial charge is 0.306 e. The molecule has 0 radical (unpaired) electrons. The maximum absolute atomic E-state index is 11.1. The van der Waals surface area contributed by atoms with Crippen LogP contribution >= 0.6 is 0 Å². The SMILES string of the molecule is COC(=O)CCN(C)Cc1cc(=O)c(O)co1. The molecular formula is C11H15NO5. The monoisotopic (exact) mass is 241 g/mol. The van der Waals surface area contributed by atoms with Crippen molar-refractivity contribution >= 4 is 5.97 Å².